The molecule has 3 N–H and O–H groups in total. The zero-order valence-corrected chi connectivity index (χ0v) is 12.6. The first-order valence-electron chi connectivity index (χ1n) is 7.14. The summed E-state index contributed by atoms with van der Waals surface area (Å²) in [5.74, 6) is 1.40. The first-order chi connectivity index (χ1) is 11.2. The molecule has 0 fully saturated rings. The summed E-state index contributed by atoms with van der Waals surface area (Å²) in [6.45, 7) is 2.27. The number of carbonyl (C=O) groups excluding carboxylic acids is 1. The number of anilines is 1. The number of nitrogens with zero attached hydrogens (tertiary/aromatic N) is 3. The van der Waals surface area contributed by atoms with Gasteiger partial charge < -0.3 is 10.6 Å². The van der Waals surface area contributed by atoms with Gasteiger partial charge in [-0.2, -0.15) is 5.10 Å². The number of aromatic amines is 1. The van der Waals surface area contributed by atoms with Gasteiger partial charge in [-0.3, -0.25) is 10.1 Å². The van der Waals surface area contributed by atoms with Gasteiger partial charge in [-0.05, 0) is 42.8 Å². The maximum atomic E-state index is 11.9. The number of carbonyl (C=O) groups is 1. The minimum Gasteiger partial charge on any atom is -0.334 e. The van der Waals surface area contributed by atoms with E-state index in [1.54, 1.807) is 12.4 Å². The number of hydrogen-bond donors (Lipinski definition) is 3. The molecule has 7 heteroatoms. The first-order valence-corrected chi connectivity index (χ1v) is 7.14. The van der Waals surface area contributed by atoms with E-state index < -0.39 is 0 Å². The summed E-state index contributed by atoms with van der Waals surface area (Å²) in [6, 6.07) is 10.8. The number of pyridine rings is 1. The fourth-order valence-corrected chi connectivity index (χ4v) is 2.03. The molecule has 0 aliphatic carbocycles. The number of aromatic nitrogens is 4. The highest BCUT2D eigenvalue weighted by Gasteiger charge is 2.05. The van der Waals surface area contributed by atoms with Crippen LogP contribution < -0.4 is 10.6 Å². The monoisotopic (exact) mass is 308 g/mol. The Bertz CT molecular complexity index is 782. The fourth-order valence-electron chi connectivity index (χ4n) is 2.03. The first kappa shape index (κ1) is 14.7. The van der Waals surface area contributed by atoms with Gasteiger partial charge in [0.25, 0.3) is 0 Å². The Labute approximate surface area is 133 Å². The summed E-state index contributed by atoms with van der Waals surface area (Å²) in [6.07, 6.45) is 3.41. The molecule has 2 amide bonds. The van der Waals surface area contributed by atoms with Crippen molar-refractivity contribution in [2.45, 2.75) is 13.5 Å². The average Bonchev–Trinajstić information content (AvgIpc) is 3.01. The molecule has 0 atom stereocenters. The Morgan fingerprint density at radius 2 is 2.04 bits per heavy atom. The van der Waals surface area contributed by atoms with E-state index in [0.29, 0.717) is 18.1 Å². The van der Waals surface area contributed by atoms with Crippen molar-refractivity contribution >= 4 is 11.7 Å². The second-order valence-electron chi connectivity index (χ2n) is 4.99. The Balaban J connectivity index is 1.56. The van der Waals surface area contributed by atoms with Gasteiger partial charge >= 0.3 is 6.03 Å². The van der Waals surface area contributed by atoms with E-state index >= 15 is 0 Å². The van der Waals surface area contributed by atoms with E-state index in [0.717, 1.165) is 17.0 Å². The summed E-state index contributed by atoms with van der Waals surface area (Å²) >= 11 is 0. The molecule has 0 aliphatic heterocycles. The molecule has 2 heterocycles. The van der Waals surface area contributed by atoms with Crippen molar-refractivity contribution in [1.82, 2.24) is 25.5 Å². The second-order valence-corrected chi connectivity index (χ2v) is 4.99. The molecule has 0 spiro atoms. The Kier molecular flexibility index (Phi) is 4.28. The third kappa shape index (κ3) is 3.91. The molecule has 1 aromatic carbocycles. The predicted octanol–water partition coefficient (Wildman–Crippen LogP) is 2.50. The van der Waals surface area contributed by atoms with Crippen LogP contribution in [-0.2, 0) is 6.54 Å². The zero-order chi connectivity index (χ0) is 16.1. The largest absolute Gasteiger partial charge is 0.334 e. The van der Waals surface area contributed by atoms with E-state index in [2.05, 4.69) is 30.8 Å². The van der Waals surface area contributed by atoms with Crippen LogP contribution in [0.5, 0.6) is 0 Å². The van der Waals surface area contributed by atoms with Crippen LogP contribution in [0.4, 0.5) is 10.5 Å². The second kappa shape index (κ2) is 6.69. The molecule has 0 unspecified atom stereocenters. The molecule has 0 saturated carbocycles. The van der Waals surface area contributed by atoms with E-state index in [4.69, 9.17) is 0 Å². The van der Waals surface area contributed by atoms with Crippen LogP contribution in [0.25, 0.3) is 11.4 Å². The molecular weight excluding hydrogens is 292 g/mol. The topological polar surface area (TPSA) is 95.6 Å². The molecule has 0 radical (unpaired) electrons. The third-order valence-electron chi connectivity index (χ3n) is 3.17. The van der Waals surface area contributed by atoms with Crippen LogP contribution in [0.3, 0.4) is 0 Å². The summed E-state index contributed by atoms with van der Waals surface area (Å²) in [4.78, 5) is 20.1. The van der Waals surface area contributed by atoms with Crippen molar-refractivity contribution in [2.75, 3.05) is 5.32 Å². The fraction of sp³-hybridized carbons (Fsp3) is 0.125. The Morgan fingerprint density at radius 1 is 1.22 bits per heavy atom. The number of nitrogens with one attached hydrogen (secondary N) is 3. The van der Waals surface area contributed by atoms with E-state index in [1.165, 1.54) is 0 Å². The highest BCUT2D eigenvalue weighted by Crippen LogP contribution is 2.17. The van der Waals surface area contributed by atoms with E-state index in [1.807, 2.05) is 43.3 Å². The number of H-pyrrole nitrogens is 1. The SMILES string of the molecule is Cc1nc(-c2ccc(NC(=O)NCc3cccnc3)cc2)n[nH]1. The van der Waals surface area contributed by atoms with Gasteiger partial charge in [0, 0.05) is 30.2 Å². The predicted molar refractivity (Wildman–Crippen MR) is 86.7 cm³/mol. The van der Waals surface area contributed by atoms with Gasteiger partial charge in [-0.15, -0.1) is 0 Å². The molecule has 3 aromatic rings. The lowest BCUT2D eigenvalue weighted by Crippen LogP contribution is -2.28. The van der Waals surface area contributed by atoms with Crippen molar-refractivity contribution in [3.63, 3.8) is 0 Å². The molecule has 116 valence electrons. The van der Waals surface area contributed by atoms with Crippen molar-refractivity contribution < 1.29 is 4.79 Å². The summed E-state index contributed by atoms with van der Waals surface area (Å²) < 4.78 is 0. The minimum absolute atomic E-state index is 0.268. The Hall–Kier alpha value is -3.22. The lowest BCUT2D eigenvalue weighted by atomic mass is 10.2. The van der Waals surface area contributed by atoms with Crippen LogP contribution >= 0.6 is 0 Å². The van der Waals surface area contributed by atoms with Gasteiger partial charge in [0.05, 0.1) is 0 Å². The summed E-state index contributed by atoms with van der Waals surface area (Å²) in [5, 5.41) is 12.5. The highest BCUT2D eigenvalue weighted by atomic mass is 16.2. The lowest BCUT2D eigenvalue weighted by Gasteiger charge is -2.07. The molecule has 7 nitrogen and oxygen atoms in total. The van der Waals surface area contributed by atoms with E-state index in [-0.39, 0.29) is 6.03 Å². The molecular formula is C16H16N6O. The van der Waals surface area contributed by atoms with Gasteiger partial charge in [0.15, 0.2) is 5.82 Å². The van der Waals surface area contributed by atoms with Gasteiger partial charge in [0.1, 0.15) is 5.82 Å². The number of benzene rings is 1. The Morgan fingerprint density at radius 3 is 2.70 bits per heavy atom. The van der Waals surface area contributed by atoms with Crippen LogP contribution in [-0.4, -0.2) is 26.2 Å². The lowest BCUT2D eigenvalue weighted by molar-refractivity contribution is 0.251. The molecule has 0 aliphatic rings. The molecule has 2 aromatic heterocycles. The van der Waals surface area contributed by atoms with Gasteiger partial charge in [-0.1, -0.05) is 6.07 Å². The smallest absolute Gasteiger partial charge is 0.319 e. The zero-order valence-electron chi connectivity index (χ0n) is 12.6. The normalized spacial score (nSPS) is 10.3. The highest BCUT2D eigenvalue weighted by molar-refractivity contribution is 5.89. The van der Waals surface area contributed by atoms with E-state index in [9.17, 15) is 4.79 Å². The quantitative estimate of drug-likeness (QED) is 0.690. The van der Waals surface area contributed by atoms with Crippen molar-refractivity contribution in [3.05, 3.63) is 60.2 Å². The van der Waals surface area contributed by atoms with Crippen molar-refractivity contribution in [2.24, 2.45) is 0 Å². The van der Waals surface area contributed by atoms with Crippen molar-refractivity contribution in [3.8, 4) is 11.4 Å². The minimum atomic E-state index is -0.268. The number of urea groups is 1. The van der Waals surface area contributed by atoms with Crippen LogP contribution in [0.15, 0.2) is 48.8 Å². The van der Waals surface area contributed by atoms with Crippen molar-refractivity contribution in [1.29, 1.82) is 0 Å². The number of aryl methyl sites for hydroxylation is 1. The maximum absolute atomic E-state index is 11.9. The van der Waals surface area contributed by atoms with Gasteiger partial charge in [0.2, 0.25) is 0 Å². The average molecular weight is 308 g/mol. The van der Waals surface area contributed by atoms with Gasteiger partial charge in [-0.25, -0.2) is 9.78 Å². The van der Waals surface area contributed by atoms with Crippen LogP contribution in [0.1, 0.15) is 11.4 Å². The maximum Gasteiger partial charge on any atom is 0.319 e. The standard InChI is InChI=1S/C16H16N6O/c1-11-19-15(22-21-11)13-4-6-14(7-5-13)20-16(23)18-10-12-3-2-8-17-9-12/h2-9H,10H2,1H3,(H2,18,20,23)(H,19,21,22). The third-order valence-corrected chi connectivity index (χ3v) is 3.17. The number of amides is 2. The number of hydrogen-bond acceptors (Lipinski definition) is 4. The molecule has 3 rings (SSSR count). The summed E-state index contributed by atoms with van der Waals surface area (Å²) in [5.41, 5.74) is 2.53. The molecule has 0 saturated heterocycles. The van der Waals surface area contributed by atoms with Crippen LogP contribution in [0.2, 0.25) is 0 Å². The molecule has 0 bridgehead atoms. The number of rotatable bonds is 4. The summed E-state index contributed by atoms with van der Waals surface area (Å²) in [7, 11) is 0. The molecule has 23 heavy (non-hydrogen) atoms. The van der Waals surface area contributed by atoms with Crippen LogP contribution in [0, 0.1) is 6.92 Å².